The van der Waals surface area contributed by atoms with Crippen molar-refractivity contribution in [1.29, 1.82) is 0 Å². The van der Waals surface area contributed by atoms with E-state index in [0.29, 0.717) is 11.3 Å². The number of nitrogens with two attached hydrogens (primary N) is 1. The van der Waals surface area contributed by atoms with Crippen LogP contribution in [0.1, 0.15) is 15.9 Å². The summed E-state index contributed by atoms with van der Waals surface area (Å²) in [6.07, 6.45) is 0. The Morgan fingerprint density at radius 1 is 1.25 bits per heavy atom. The first-order valence-corrected chi connectivity index (χ1v) is 6.42. The van der Waals surface area contributed by atoms with Crippen LogP contribution in [0.25, 0.3) is 0 Å². The second kappa shape index (κ2) is 5.98. The van der Waals surface area contributed by atoms with Crippen molar-refractivity contribution < 1.29 is 9.18 Å². The van der Waals surface area contributed by atoms with Gasteiger partial charge in [-0.2, -0.15) is 0 Å². The topological polar surface area (TPSA) is 55.1 Å². The molecule has 0 saturated carbocycles. The molecule has 0 heterocycles. The second-order valence-corrected chi connectivity index (χ2v) is 4.90. The molecule has 102 valence electrons. The molecule has 2 aromatic carbocycles. The average Bonchev–Trinajstić information content (AvgIpc) is 2.41. The Kier molecular flexibility index (Phi) is 4.32. The molecule has 0 atom stereocenters. The van der Waals surface area contributed by atoms with Gasteiger partial charge in [0.15, 0.2) is 0 Å². The number of hydrogen-bond acceptors (Lipinski definition) is 2. The first-order valence-electron chi connectivity index (χ1n) is 5.63. The summed E-state index contributed by atoms with van der Waals surface area (Å²) >= 11 is 10.6. The van der Waals surface area contributed by atoms with Crippen molar-refractivity contribution in [2.24, 2.45) is 5.73 Å². The van der Waals surface area contributed by atoms with E-state index < -0.39 is 11.7 Å². The number of hydrogen-bond donors (Lipinski definition) is 2. The summed E-state index contributed by atoms with van der Waals surface area (Å²) in [6, 6.07) is 10.5. The Bertz CT molecular complexity index is 691. The number of halogens is 2. The lowest BCUT2D eigenvalue weighted by Crippen LogP contribution is -2.15. The molecule has 0 unspecified atom stereocenters. The fourth-order valence-electron chi connectivity index (χ4n) is 1.62. The molecule has 1 amide bonds. The van der Waals surface area contributed by atoms with Crippen molar-refractivity contribution in [2.45, 2.75) is 0 Å². The molecule has 3 N–H and O–H groups in total. The van der Waals surface area contributed by atoms with Crippen molar-refractivity contribution >= 4 is 40.4 Å². The molecular formula is C14H10ClFN2OS. The molecule has 0 spiro atoms. The van der Waals surface area contributed by atoms with E-state index in [0.717, 1.165) is 6.07 Å². The molecule has 0 aliphatic rings. The number of amides is 1. The van der Waals surface area contributed by atoms with E-state index >= 15 is 0 Å². The van der Waals surface area contributed by atoms with Crippen LogP contribution in [-0.2, 0) is 0 Å². The lowest BCUT2D eigenvalue weighted by Gasteiger charge is -2.08. The second-order valence-electron chi connectivity index (χ2n) is 4.02. The molecule has 0 aliphatic carbocycles. The number of benzene rings is 2. The van der Waals surface area contributed by atoms with Gasteiger partial charge < -0.3 is 11.1 Å². The van der Waals surface area contributed by atoms with Gasteiger partial charge in [0.05, 0.1) is 5.56 Å². The van der Waals surface area contributed by atoms with Gasteiger partial charge in [-0.15, -0.1) is 0 Å². The molecule has 2 rings (SSSR count). The van der Waals surface area contributed by atoms with Gasteiger partial charge in [0.2, 0.25) is 0 Å². The van der Waals surface area contributed by atoms with Crippen LogP contribution in [0.15, 0.2) is 42.5 Å². The quantitative estimate of drug-likeness (QED) is 0.855. The number of carbonyl (C=O) groups excluding carboxylic acids is 1. The van der Waals surface area contributed by atoms with Crippen LogP contribution in [0.2, 0.25) is 5.02 Å². The summed E-state index contributed by atoms with van der Waals surface area (Å²) in [5, 5.41) is 2.85. The minimum Gasteiger partial charge on any atom is -0.389 e. The zero-order valence-corrected chi connectivity index (χ0v) is 11.8. The molecule has 20 heavy (non-hydrogen) atoms. The van der Waals surface area contributed by atoms with Gasteiger partial charge in [-0.3, -0.25) is 4.79 Å². The fraction of sp³-hybridized carbons (Fsp3) is 0. The first kappa shape index (κ1) is 14.4. The highest BCUT2D eigenvalue weighted by Gasteiger charge is 2.12. The van der Waals surface area contributed by atoms with Gasteiger partial charge in [0, 0.05) is 16.3 Å². The molecule has 0 aromatic heterocycles. The van der Waals surface area contributed by atoms with Crippen molar-refractivity contribution in [3.63, 3.8) is 0 Å². The van der Waals surface area contributed by atoms with Gasteiger partial charge in [0.1, 0.15) is 10.8 Å². The maximum absolute atomic E-state index is 13.6. The zero-order valence-electron chi connectivity index (χ0n) is 10.2. The molecule has 3 nitrogen and oxygen atoms in total. The predicted octanol–water partition coefficient (Wildman–Crippen LogP) is 3.37. The maximum Gasteiger partial charge on any atom is 0.258 e. The molecular weight excluding hydrogens is 299 g/mol. The highest BCUT2D eigenvalue weighted by Crippen LogP contribution is 2.17. The molecule has 0 fully saturated rings. The van der Waals surface area contributed by atoms with E-state index in [1.54, 1.807) is 24.3 Å². The van der Waals surface area contributed by atoms with Crippen LogP contribution in [0.4, 0.5) is 10.1 Å². The Balaban J connectivity index is 2.25. The van der Waals surface area contributed by atoms with Gasteiger partial charge in [0.25, 0.3) is 5.91 Å². The smallest absolute Gasteiger partial charge is 0.258 e. The third-order valence-corrected chi connectivity index (χ3v) is 3.05. The Morgan fingerprint density at radius 2 is 2.00 bits per heavy atom. The lowest BCUT2D eigenvalue weighted by atomic mass is 10.1. The summed E-state index contributed by atoms with van der Waals surface area (Å²) in [5.74, 6) is -1.23. The largest absolute Gasteiger partial charge is 0.389 e. The molecule has 0 saturated heterocycles. The molecule has 0 aliphatic heterocycles. The third kappa shape index (κ3) is 3.31. The van der Waals surface area contributed by atoms with Gasteiger partial charge >= 0.3 is 0 Å². The lowest BCUT2D eigenvalue weighted by molar-refractivity contribution is 0.102. The third-order valence-electron chi connectivity index (χ3n) is 2.58. The van der Waals surface area contributed by atoms with Crippen LogP contribution in [0, 0.1) is 5.82 Å². The van der Waals surface area contributed by atoms with Crippen molar-refractivity contribution in [2.75, 3.05) is 5.32 Å². The van der Waals surface area contributed by atoms with Crippen LogP contribution >= 0.6 is 23.8 Å². The fourth-order valence-corrected chi connectivity index (χ4v) is 1.92. The molecule has 2 aromatic rings. The summed E-state index contributed by atoms with van der Waals surface area (Å²) in [5.41, 5.74) is 6.47. The van der Waals surface area contributed by atoms with Crippen LogP contribution in [0.3, 0.4) is 0 Å². The van der Waals surface area contributed by atoms with E-state index in [4.69, 9.17) is 29.6 Å². The Morgan fingerprint density at radius 3 is 2.70 bits per heavy atom. The van der Waals surface area contributed by atoms with E-state index in [1.807, 2.05) is 0 Å². The molecule has 0 radical (unpaired) electrons. The maximum atomic E-state index is 13.6. The van der Waals surface area contributed by atoms with Crippen LogP contribution in [-0.4, -0.2) is 10.9 Å². The van der Waals surface area contributed by atoms with Crippen molar-refractivity contribution in [3.05, 3.63) is 64.4 Å². The van der Waals surface area contributed by atoms with E-state index in [-0.39, 0.29) is 15.6 Å². The molecule has 6 heteroatoms. The van der Waals surface area contributed by atoms with Crippen LogP contribution < -0.4 is 11.1 Å². The highest BCUT2D eigenvalue weighted by atomic mass is 35.5. The summed E-state index contributed by atoms with van der Waals surface area (Å²) in [7, 11) is 0. The minimum absolute atomic E-state index is 0.127. The predicted molar refractivity (Wildman–Crippen MR) is 81.7 cm³/mol. The zero-order chi connectivity index (χ0) is 14.7. The normalized spacial score (nSPS) is 10.1. The summed E-state index contributed by atoms with van der Waals surface area (Å²) in [6.45, 7) is 0. The monoisotopic (exact) mass is 308 g/mol. The van der Waals surface area contributed by atoms with Crippen LogP contribution in [0.5, 0.6) is 0 Å². The standard InChI is InChI=1S/C14H10ClFN2OS/c15-9-4-5-12(16)11(7-9)14(19)18-10-3-1-2-8(6-10)13(17)20/h1-7H,(H2,17,20)(H,18,19). The van der Waals surface area contributed by atoms with Crippen molar-refractivity contribution in [1.82, 2.24) is 0 Å². The number of rotatable bonds is 3. The number of nitrogens with one attached hydrogen (secondary N) is 1. The highest BCUT2D eigenvalue weighted by molar-refractivity contribution is 7.80. The Labute approximate surface area is 125 Å². The van der Waals surface area contributed by atoms with Gasteiger partial charge in [-0.1, -0.05) is 36.0 Å². The number of anilines is 1. The first-order chi connectivity index (χ1) is 9.47. The SMILES string of the molecule is NC(=S)c1cccc(NC(=O)c2cc(Cl)ccc2F)c1. The van der Waals surface area contributed by atoms with E-state index in [2.05, 4.69) is 5.32 Å². The van der Waals surface area contributed by atoms with Crippen molar-refractivity contribution in [3.8, 4) is 0 Å². The summed E-state index contributed by atoms with van der Waals surface area (Å²) < 4.78 is 13.6. The van der Waals surface area contributed by atoms with E-state index in [1.165, 1.54) is 12.1 Å². The molecule has 0 bridgehead atoms. The Hall–Kier alpha value is -1.98. The minimum atomic E-state index is -0.641. The van der Waals surface area contributed by atoms with E-state index in [9.17, 15) is 9.18 Å². The summed E-state index contributed by atoms with van der Waals surface area (Å²) in [4.78, 5) is 12.2. The number of carbonyl (C=O) groups is 1. The van der Waals surface area contributed by atoms with Gasteiger partial charge in [-0.25, -0.2) is 4.39 Å². The van der Waals surface area contributed by atoms with Gasteiger partial charge in [-0.05, 0) is 30.3 Å². The number of thiocarbonyl (C=S) groups is 1. The average molecular weight is 309 g/mol.